The predicted octanol–water partition coefficient (Wildman–Crippen LogP) is 4.94. The van der Waals surface area contributed by atoms with Crippen molar-refractivity contribution in [1.29, 1.82) is 0 Å². The smallest absolute Gasteiger partial charge is 0.310 e. The average Bonchev–Trinajstić information content (AvgIpc) is 2.87. The maximum atomic E-state index is 12.7. The maximum absolute atomic E-state index is 12.7. The summed E-state index contributed by atoms with van der Waals surface area (Å²) in [7, 11) is 0. The minimum atomic E-state index is -4.29. The van der Waals surface area contributed by atoms with Gasteiger partial charge in [0.05, 0.1) is 5.56 Å². The molecule has 5 heteroatoms. The molecule has 0 aromatic heterocycles. The SMILES string of the molecule is FC(F)(F)c1ccc(-c2ccc(CNC3CC4CCC5CN4CC53)cc2)cc1. The minimum absolute atomic E-state index is 0.607. The fraction of sp³-hybridized carbons (Fsp3) is 0.478. The van der Waals surface area contributed by atoms with E-state index in [1.54, 1.807) is 12.1 Å². The summed E-state index contributed by atoms with van der Waals surface area (Å²) in [5.41, 5.74) is 2.37. The van der Waals surface area contributed by atoms with E-state index in [4.69, 9.17) is 0 Å². The van der Waals surface area contributed by atoms with Crippen molar-refractivity contribution in [3.05, 3.63) is 59.7 Å². The van der Waals surface area contributed by atoms with E-state index in [1.807, 2.05) is 12.1 Å². The summed E-state index contributed by atoms with van der Waals surface area (Å²) >= 11 is 0. The van der Waals surface area contributed by atoms with E-state index in [9.17, 15) is 13.2 Å². The molecule has 3 saturated heterocycles. The van der Waals surface area contributed by atoms with Crippen LogP contribution in [0.4, 0.5) is 13.2 Å². The highest BCUT2D eigenvalue weighted by molar-refractivity contribution is 5.64. The number of piperidine rings is 2. The van der Waals surface area contributed by atoms with Crippen LogP contribution < -0.4 is 5.32 Å². The first-order chi connectivity index (χ1) is 13.5. The molecule has 148 valence electrons. The molecule has 28 heavy (non-hydrogen) atoms. The highest BCUT2D eigenvalue weighted by Crippen LogP contribution is 2.44. The second kappa shape index (κ2) is 6.89. The Balaban J connectivity index is 1.22. The molecule has 0 spiro atoms. The first-order valence-corrected chi connectivity index (χ1v) is 10.2. The van der Waals surface area contributed by atoms with Crippen LogP contribution in [0.25, 0.3) is 11.1 Å². The van der Waals surface area contributed by atoms with Gasteiger partial charge in [-0.25, -0.2) is 0 Å². The Bertz CT molecular complexity index is 826. The molecule has 0 saturated carbocycles. The van der Waals surface area contributed by atoms with Crippen LogP contribution in [-0.2, 0) is 12.7 Å². The molecule has 2 nitrogen and oxygen atoms in total. The molecule has 2 aromatic rings. The van der Waals surface area contributed by atoms with Crippen LogP contribution >= 0.6 is 0 Å². The Kier molecular flexibility index (Phi) is 4.48. The third-order valence-electron chi connectivity index (χ3n) is 7.02. The lowest BCUT2D eigenvalue weighted by Gasteiger charge is -2.36. The third kappa shape index (κ3) is 3.35. The van der Waals surface area contributed by atoms with Crippen molar-refractivity contribution >= 4 is 0 Å². The fourth-order valence-corrected chi connectivity index (χ4v) is 5.46. The molecule has 3 aliphatic heterocycles. The van der Waals surface area contributed by atoms with Gasteiger partial charge < -0.3 is 5.32 Å². The topological polar surface area (TPSA) is 15.3 Å². The molecule has 1 N–H and O–H groups in total. The van der Waals surface area contributed by atoms with E-state index in [-0.39, 0.29) is 0 Å². The molecule has 5 unspecified atom stereocenters. The van der Waals surface area contributed by atoms with Crippen molar-refractivity contribution in [1.82, 2.24) is 10.2 Å². The Morgan fingerprint density at radius 1 is 0.893 bits per heavy atom. The lowest BCUT2D eigenvalue weighted by Crippen LogP contribution is -2.47. The zero-order valence-corrected chi connectivity index (χ0v) is 15.8. The van der Waals surface area contributed by atoms with E-state index in [2.05, 4.69) is 22.3 Å². The van der Waals surface area contributed by atoms with Gasteiger partial charge in [-0.15, -0.1) is 0 Å². The Labute approximate surface area is 163 Å². The highest BCUT2D eigenvalue weighted by Gasteiger charge is 2.48. The maximum Gasteiger partial charge on any atom is 0.416 e. The Morgan fingerprint density at radius 3 is 2.25 bits per heavy atom. The van der Waals surface area contributed by atoms with Crippen molar-refractivity contribution in [2.45, 2.75) is 44.1 Å². The molecule has 2 aromatic carbocycles. The van der Waals surface area contributed by atoms with Gasteiger partial charge in [-0.1, -0.05) is 36.4 Å². The summed E-state index contributed by atoms with van der Waals surface area (Å²) in [5.74, 6) is 1.67. The molecular weight excluding hydrogens is 361 g/mol. The van der Waals surface area contributed by atoms with Crippen molar-refractivity contribution in [2.75, 3.05) is 13.1 Å². The second-order valence-electron chi connectivity index (χ2n) is 8.60. The second-order valence-corrected chi connectivity index (χ2v) is 8.60. The molecule has 3 heterocycles. The molecular formula is C23H25F3N2. The molecule has 5 rings (SSSR count). The summed E-state index contributed by atoms with van der Waals surface area (Å²) in [6.07, 6.45) is -0.263. The van der Waals surface area contributed by atoms with Gasteiger partial charge in [-0.05, 0) is 59.9 Å². The van der Waals surface area contributed by atoms with E-state index in [1.165, 1.54) is 37.9 Å². The molecule has 0 radical (unpaired) electrons. The van der Waals surface area contributed by atoms with Gasteiger partial charge >= 0.3 is 6.18 Å². The standard InChI is InChI=1S/C23H25F3N2/c24-23(25,26)19-8-5-17(6-9-19)16-3-1-15(2-4-16)12-27-22-11-20-10-7-18-13-28(20)14-21(18)22/h1-6,8-9,18,20-22,27H,7,10-14H2. The summed E-state index contributed by atoms with van der Waals surface area (Å²) in [6.45, 7) is 3.42. The number of hydrogen-bond donors (Lipinski definition) is 1. The van der Waals surface area contributed by atoms with Gasteiger partial charge in [0.15, 0.2) is 0 Å². The number of fused-ring (bicyclic) bond motifs is 3. The highest BCUT2D eigenvalue weighted by atomic mass is 19.4. The Hall–Kier alpha value is -1.85. The summed E-state index contributed by atoms with van der Waals surface area (Å²) < 4.78 is 38.1. The molecule has 3 fully saturated rings. The molecule has 3 bridgehead atoms. The molecule has 3 aliphatic rings. The van der Waals surface area contributed by atoms with Gasteiger partial charge in [0.2, 0.25) is 0 Å². The minimum Gasteiger partial charge on any atom is -0.310 e. The number of benzene rings is 2. The van der Waals surface area contributed by atoms with Crippen LogP contribution in [0.15, 0.2) is 48.5 Å². The fourth-order valence-electron chi connectivity index (χ4n) is 5.46. The molecule has 0 aliphatic carbocycles. The number of hydrogen-bond acceptors (Lipinski definition) is 2. The average molecular weight is 386 g/mol. The first-order valence-electron chi connectivity index (χ1n) is 10.2. The van der Waals surface area contributed by atoms with Crippen LogP contribution in [0.3, 0.4) is 0 Å². The molecule has 5 atom stereocenters. The predicted molar refractivity (Wildman–Crippen MR) is 104 cm³/mol. The number of halogens is 3. The lowest BCUT2D eigenvalue weighted by molar-refractivity contribution is -0.137. The van der Waals surface area contributed by atoms with Gasteiger partial charge in [0, 0.05) is 31.7 Å². The number of alkyl halides is 3. The monoisotopic (exact) mass is 386 g/mol. The van der Waals surface area contributed by atoms with Crippen molar-refractivity contribution in [3.8, 4) is 11.1 Å². The quantitative estimate of drug-likeness (QED) is 0.800. The van der Waals surface area contributed by atoms with Gasteiger partial charge in [0.1, 0.15) is 0 Å². The van der Waals surface area contributed by atoms with Gasteiger partial charge in [0.25, 0.3) is 0 Å². The van der Waals surface area contributed by atoms with E-state index >= 15 is 0 Å². The van der Waals surface area contributed by atoms with Crippen molar-refractivity contribution in [2.24, 2.45) is 11.8 Å². The number of nitrogens with one attached hydrogen (secondary N) is 1. The summed E-state index contributed by atoms with van der Waals surface area (Å²) in [5, 5.41) is 3.80. The van der Waals surface area contributed by atoms with Crippen LogP contribution in [0.2, 0.25) is 0 Å². The van der Waals surface area contributed by atoms with E-state index in [0.29, 0.717) is 6.04 Å². The molecule has 0 amide bonds. The first kappa shape index (κ1) is 18.2. The summed E-state index contributed by atoms with van der Waals surface area (Å²) in [4.78, 5) is 2.69. The van der Waals surface area contributed by atoms with Crippen molar-refractivity contribution in [3.63, 3.8) is 0 Å². The third-order valence-corrected chi connectivity index (χ3v) is 7.02. The largest absolute Gasteiger partial charge is 0.416 e. The van der Waals surface area contributed by atoms with Crippen LogP contribution in [0, 0.1) is 11.8 Å². The summed E-state index contributed by atoms with van der Waals surface area (Å²) in [6, 6.07) is 14.9. The normalized spacial score (nSPS) is 31.3. The van der Waals surface area contributed by atoms with E-state index < -0.39 is 11.7 Å². The van der Waals surface area contributed by atoms with Gasteiger partial charge in [-0.2, -0.15) is 13.2 Å². The zero-order valence-electron chi connectivity index (χ0n) is 15.8. The van der Waals surface area contributed by atoms with Crippen LogP contribution in [0.1, 0.15) is 30.4 Å². The number of nitrogens with zero attached hydrogens (tertiary/aromatic N) is 1. The van der Waals surface area contributed by atoms with Crippen molar-refractivity contribution < 1.29 is 13.2 Å². The van der Waals surface area contributed by atoms with E-state index in [0.717, 1.165) is 47.7 Å². The zero-order chi connectivity index (χ0) is 19.3. The van der Waals surface area contributed by atoms with Gasteiger partial charge in [-0.3, -0.25) is 4.90 Å². The van der Waals surface area contributed by atoms with Crippen LogP contribution in [-0.4, -0.2) is 30.1 Å². The lowest BCUT2D eigenvalue weighted by atomic mass is 9.87. The Morgan fingerprint density at radius 2 is 1.57 bits per heavy atom. The van der Waals surface area contributed by atoms with Crippen LogP contribution in [0.5, 0.6) is 0 Å². The number of rotatable bonds is 4.